The Balaban J connectivity index is 1.68. The van der Waals surface area contributed by atoms with Crippen molar-refractivity contribution >= 4 is 5.91 Å². The second-order valence-electron chi connectivity index (χ2n) is 5.66. The van der Waals surface area contributed by atoms with Crippen molar-refractivity contribution in [1.82, 2.24) is 5.32 Å². The van der Waals surface area contributed by atoms with E-state index in [1.807, 2.05) is 18.2 Å². The number of nitrogens with one attached hydrogen (secondary N) is 1. The molecule has 3 heteroatoms. The van der Waals surface area contributed by atoms with Gasteiger partial charge < -0.3 is 11.1 Å². The molecule has 3 atom stereocenters. The van der Waals surface area contributed by atoms with Crippen molar-refractivity contribution < 1.29 is 4.79 Å². The van der Waals surface area contributed by atoms with Crippen molar-refractivity contribution in [3.63, 3.8) is 0 Å². The Morgan fingerprint density at radius 2 is 1.94 bits per heavy atom. The van der Waals surface area contributed by atoms with Crippen LogP contribution in [-0.4, -0.2) is 19.0 Å². The summed E-state index contributed by atoms with van der Waals surface area (Å²) in [6.07, 6.45) is 1.59. The molecule has 1 saturated carbocycles. The standard InChI is InChI=1S/C15H20N2O/c16-15(18)7-11(10-4-2-1-3-5-10)6-12-13-8-17-9-14(12)13/h1-5,11-14,17H,6-9H2,(H2,16,18). The average molecular weight is 244 g/mol. The van der Waals surface area contributed by atoms with Crippen molar-refractivity contribution in [1.29, 1.82) is 0 Å². The monoisotopic (exact) mass is 244 g/mol. The molecule has 1 aliphatic heterocycles. The summed E-state index contributed by atoms with van der Waals surface area (Å²) in [6.45, 7) is 2.32. The van der Waals surface area contributed by atoms with Crippen molar-refractivity contribution in [2.75, 3.05) is 13.1 Å². The molecule has 18 heavy (non-hydrogen) atoms. The maximum Gasteiger partial charge on any atom is 0.218 e. The molecule has 1 saturated heterocycles. The van der Waals surface area contributed by atoms with Crippen LogP contribution < -0.4 is 11.1 Å². The summed E-state index contributed by atoms with van der Waals surface area (Å²) in [7, 11) is 0. The van der Waals surface area contributed by atoms with Crippen LogP contribution in [0.3, 0.4) is 0 Å². The highest BCUT2D eigenvalue weighted by Crippen LogP contribution is 2.53. The number of benzene rings is 1. The van der Waals surface area contributed by atoms with E-state index in [1.54, 1.807) is 0 Å². The van der Waals surface area contributed by atoms with Crippen molar-refractivity contribution in [2.24, 2.45) is 23.5 Å². The molecule has 2 fully saturated rings. The number of hydrogen-bond donors (Lipinski definition) is 2. The van der Waals surface area contributed by atoms with E-state index in [0.717, 1.165) is 37.3 Å². The molecule has 1 heterocycles. The predicted octanol–water partition coefficient (Wildman–Crippen LogP) is 1.50. The van der Waals surface area contributed by atoms with Gasteiger partial charge in [-0.15, -0.1) is 0 Å². The number of piperidine rings is 1. The SMILES string of the molecule is NC(=O)CC(CC1C2CNCC21)c1ccccc1. The Bertz CT molecular complexity index is 421. The Hall–Kier alpha value is -1.35. The minimum atomic E-state index is -0.187. The molecule has 2 aliphatic rings. The van der Waals surface area contributed by atoms with Crippen LogP contribution in [0.15, 0.2) is 30.3 Å². The molecule has 3 nitrogen and oxygen atoms in total. The van der Waals surface area contributed by atoms with Gasteiger partial charge in [-0.2, -0.15) is 0 Å². The molecule has 3 rings (SSSR count). The lowest BCUT2D eigenvalue weighted by atomic mass is 9.89. The van der Waals surface area contributed by atoms with Crippen LogP contribution in [0.5, 0.6) is 0 Å². The highest BCUT2D eigenvalue weighted by molar-refractivity contribution is 5.74. The van der Waals surface area contributed by atoms with E-state index in [1.165, 1.54) is 5.56 Å². The zero-order valence-electron chi connectivity index (χ0n) is 10.5. The zero-order valence-corrected chi connectivity index (χ0v) is 10.5. The Morgan fingerprint density at radius 1 is 1.28 bits per heavy atom. The number of carbonyl (C=O) groups excluding carboxylic acids is 1. The van der Waals surface area contributed by atoms with E-state index in [0.29, 0.717) is 12.3 Å². The molecule has 1 aliphatic carbocycles. The van der Waals surface area contributed by atoms with Crippen molar-refractivity contribution in [3.05, 3.63) is 35.9 Å². The lowest BCUT2D eigenvalue weighted by Crippen LogP contribution is -2.19. The maximum absolute atomic E-state index is 11.2. The van der Waals surface area contributed by atoms with Gasteiger partial charge >= 0.3 is 0 Å². The number of fused-ring (bicyclic) bond motifs is 1. The van der Waals surface area contributed by atoms with E-state index in [9.17, 15) is 4.79 Å². The number of hydrogen-bond acceptors (Lipinski definition) is 2. The summed E-state index contributed by atoms with van der Waals surface area (Å²) >= 11 is 0. The average Bonchev–Trinajstić information content (AvgIpc) is 2.82. The number of primary amides is 1. The van der Waals surface area contributed by atoms with Gasteiger partial charge in [-0.25, -0.2) is 0 Å². The van der Waals surface area contributed by atoms with Crippen LogP contribution in [0.1, 0.15) is 24.3 Å². The van der Waals surface area contributed by atoms with Gasteiger partial charge in [0.05, 0.1) is 0 Å². The number of carbonyl (C=O) groups is 1. The van der Waals surface area contributed by atoms with Crippen LogP contribution in [0.2, 0.25) is 0 Å². The normalized spacial score (nSPS) is 30.8. The molecular weight excluding hydrogens is 224 g/mol. The molecule has 3 N–H and O–H groups in total. The number of rotatable bonds is 5. The number of nitrogens with two attached hydrogens (primary N) is 1. The third kappa shape index (κ3) is 2.27. The molecule has 0 aromatic heterocycles. The molecule has 96 valence electrons. The molecule has 1 aromatic rings. The van der Waals surface area contributed by atoms with Gasteiger partial charge in [0.15, 0.2) is 0 Å². The molecule has 0 spiro atoms. The van der Waals surface area contributed by atoms with Gasteiger partial charge in [0.25, 0.3) is 0 Å². The highest BCUT2D eigenvalue weighted by Gasteiger charge is 2.52. The largest absolute Gasteiger partial charge is 0.370 e. The zero-order chi connectivity index (χ0) is 12.5. The van der Waals surface area contributed by atoms with E-state index in [-0.39, 0.29) is 5.91 Å². The van der Waals surface area contributed by atoms with Crippen molar-refractivity contribution in [2.45, 2.75) is 18.8 Å². The minimum Gasteiger partial charge on any atom is -0.370 e. The van der Waals surface area contributed by atoms with Gasteiger partial charge in [0, 0.05) is 6.42 Å². The van der Waals surface area contributed by atoms with Crippen LogP contribution in [0.25, 0.3) is 0 Å². The smallest absolute Gasteiger partial charge is 0.218 e. The van der Waals surface area contributed by atoms with Gasteiger partial charge in [0.1, 0.15) is 0 Å². The maximum atomic E-state index is 11.2. The van der Waals surface area contributed by atoms with Gasteiger partial charge in [-0.3, -0.25) is 4.79 Å². The first-order valence-corrected chi connectivity index (χ1v) is 6.79. The van der Waals surface area contributed by atoms with E-state index < -0.39 is 0 Å². The highest BCUT2D eigenvalue weighted by atomic mass is 16.1. The van der Waals surface area contributed by atoms with Crippen molar-refractivity contribution in [3.8, 4) is 0 Å². The Labute approximate surface area is 108 Å². The van der Waals surface area contributed by atoms with Crippen LogP contribution in [0, 0.1) is 17.8 Å². The summed E-state index contributed by atoms with van der Waals surface area (Å²) in [5.74, 6) is 2.62. The summed E-state index contributed by atoms with van der Waals surface area (Å²) in [5.41, 5.74) is 6.65. The fourth-order valence-electron chi connectivity index (χ4n) is 3.53. The molecule has 1 aromatic carbocycles. The first kappa shape index (κ1) is 11.7. The fourth-order valence-corrected chi connectivity index (χ4v) is 3.53. The minimum absolute atomic E-state index is 0.187. The molecule has 3 unspecified atom stereocenters. The van der Waals surface area contributed by atoms with E-state index >= 15 is 0 Å². The summed E-state index contributed by atoms with van der Waals surface area (Å²) < 4.78 is 0. The quantitative estimate of drug-likeness (QED) is 0.824. The lowest BCUT2D eigenvalue weighted by Gasteiger charge is -2.17. The lowest BCUT2D eigenvalue weighted by molar-refractivity contribution is -0.118. The molecule has 0 bridgehead atoms. The summed E-state index contributed by atoms with van der Waals surface area (Å²) in [6, 6.07) is 10.3. The molecular formula is C15H20N2O. The van der Waals surface area contributed by atoms with Crippen LogP contribution in [0.4, 0.5) is 0 Å². The van der Waals surface area contributed by atoms with Gasteiger partial charge in [-0.05, 0) is 48.7 Å². The number of amides is 1. The topological polar surface area (TPSA) is 55.1 Å². The van der Waals surface area contributed by atoms with E-state index in [4.69, 9.17) is 5.73 Å². The summed E-state index contributed by atoms with van der Waals surface area (Å²) in [5, 5.41) is 3.41. The first-order chi connectivity index (χ1) is 8.75. The first-order valence-electron chi connectivity index (χ1n) is 6.79. The third-order valence-corrected chi connectivity index (χ3v) is 4.54. The molecule has 0 radical (unpaired) electrons. The Morgan fingerprint density at radius 3 is 2.56 bits per heavy atom. The third-order valence-electron chi connectivity index (χ3n) is 4.54. The Kier molecular flexibility index (Phi) is 3.08. The van der Waals surface area contributed by atoms with E-state index in [2.05, 4.69) is 17.4 Å². The van der Waals surface area contributed by atoms with Gasteiger partial charge in [0.2, 0.25) is 5.91 Å². The predicted molar refractivity (Wildman–Crippen MR) is 71.0 cm³/mol. The van der Waals surface area contributed by atoms with Gasteiger partial charge in [-0.1, -0.05) is 30.3 Å². The molecule has 1 amide bonds. The van der Waals surface area contributed by atoms with Crippen LogP contribution >= 0.6 is 0 Å². The van der Waals surface area contributed by atoms with Crippen LogP contribution in [-0.2, 0) is 4.79 Å². The second-order valence-corrected chi connectivity index (χ2v) is 5.66. The second kappa shape index (κ2) is 4.73. The summed E-state index contributed by atoms with van der Waals surface area (Å²) in [4.78, 5) is 11.2. The fraction of sp³-hybridized carbons (Fsp3) is 0.533.